The minimum Gasteiger partial charge on any atom is -0.398 e. The number of benzene rings is 5. The largest absolute Gasteiger partial charge is 0.398 e. The lowest BCUT2D eigenvalue weighted by Gasteiger charge is -2.39. The van der Waals surface area contributed by atoms with E-state index in [1.54, 1.807) is 0 Å². The van der Waals surface area contributed by atoms with Gasteiger partial charge in [0, 0.05) is 41.0 Å². The molecule has 5 aliphatic carbocycles. The fraction of sp³-hybridized carbons (Fsp3) is 0.148. The fourth-order valence-corrected chi connectivity index (χ4v) is 9.46. The molecule has 57 heavy (non-hydrogen) atoms. The van der Waals surface area contributed by atoms with Gasteiger partial charge in [-0.15, -0.1) is 0 Å². The number of nitrogens with one attached hydrogen (secondary N) is 2. The summed E-state index contributed by atoms with van der Waals surface area (Å²) >= 11 is 0. The number of anilines is 2. The molecule has 0 amide bonds. The van der Waals surface area contributed by atoms with Crippen LogP contribution in [-0.4, -0.2) is 6.54 Å². The Morgan fingerprint density at radius 2 is 1.51 bits per heavy atom. The number of allylic oxidation sites excluding steroid dienone is 14. The van der Waals surface area contributed by atoms with Crippen molar-refractivity contribution in [3.8, 4) is 0 Å². The van der Waals surface area contributed by atoms with Crippen molar-refractivity contribution in [3.63, 3.8) is 0 Å². The highest BCUT2D eigenvalue weighted by Gasteiger charge is 2.36. The van der Waals surface area contributed by atoms with Crippen molar-refractivity contribution in [1.29, 1.82) is 0 Å². The molecule has 5 aliphatic rings. The Morgan fingerprint density at radius 1 is 0.737 bits per heavy atom. The SMILES string of the molecule is N/C(=C\C(NCC1=CCC2C=CC=CC2=C1)c1ccc(Nc2ccccc2C2=C3c4ccccc4CCC3C3C=CC=CC3=C2)cc1)c1ccc2ccccc2c1. The maximum Gasteiger partial charge on any atom is 0.0531 e. The summed E-state index contributed by atoms with van der Waals surface area (Å²) in [5.41, 5.74) is 23.0. The molecular formula is C54H47N3. The first-order chi connectivity index (χ1) is 28.1. The average molecular weight is 738 g/mol. The average Bonchev–Trinajstić information content (AvgIpc) is 3.27. The van der Waals surface area contributed by atoms with E-state index in [4.69, 9.17) is 5.73 Å². The molecule has 10 rings (SSSR count). The zero-order chi connectivity index (χ0) is 38.1. The Kier molecular flexibility index (Phi) is 9.37. The van der Waals surface area contributed by atoms with Gasteiger partial charge in [0.1, 0.15) is 0 Å². The number of fused-ring (bicyclic) bond motifs is 7. The molecule has 0 radical (unpaired) electrons. The number of hydrogen-bond donors (Lipinski definition) is 3. The molecule has 4 unspecified atom stereocenters. The molecule has 5 aromatic carbocycles. The maximum atomic E-state index is 6.91. The predicted octanol–water partition coefficient (Wildman–Crippen LogP) is 12.4. The molecule has 3 nitrogen and oxygen atoms in total. The quantitative estimate of drug-likeness (QED) is 0.141. The van der Waals surface area contributed by atoms with E-state index in [-0.39, 0.29) is 6.04 Å². The third-order valence-electron chi connectivity index (χ3n) is 12.4. The summed E-state index contributed by atoms with van der Waals surface area (Å²) in [6.07, 6.45) is 30.6. The first kappa shape index (κ1) is 35.0. The van der Waals surface area contributed by atoms with Crippen LogP contribution in [0.2, 0.25) is 0 Å². The topological polar surface area (TPSA) is 50.1 Å². The van der Waals surface area contributed by atoms with Gasteiger partial charge in [0.05, 0.1) is 6.04 Å². The summed E-state index contributed by atoms with van der Waals surface area (Å²) in [6, 6.07) is 41.5. The van der Waals surface area contributed by atoms with Crippen LogP contribution in [0.1, 0.15) is 46.7 Å². The van der Waals surface area contributed by atoms with E-state index in [0.29, 0.717) is 17.8 Å². The lowest BCUT2D eigenvalue weighted by Crippen LogP contribution is -2.26. The van der Waals surface area contributed by atoms with Crippen molar-refractivity contribution in [3.05, 3.63) is 233 Å². The van der Waals surface area contributed by atoms with Crippen molar-refractivity contribution in [2.75, 3.05) is 11.9 Å². The third kappa shape index (κ3) is 7.01. The Bertz CT molecular complexity index is 2650. The molecule has 4 N–H and O–H groups in total. The molecule has 0 bridgehead atoms. The van der Waals surface area contributed by atoms with Gasteiger partial charge >= 0.3 is 0 Å². The second-order valence-electron chi connectivity index (χ2n) is 15.9. The lowest BCUT2D eigenvalue weighted by molar-refractivity contribution is 0.499. The Labute approximate surface area is 336 Å². The van der Waals surface area contributed by atoms with Gasteiger partial charge in [-0.1, -0.05) is 158 Å². The summed E-state index contributed by atoms with van der Waals surface area (Å²) in [4.78, 5) is 0. The summed E-state index contributed by atoms with van der Waals surface area (Å²) in [7, 11) is 0. The van der Waals surface area contributed by atoms with Crippen LogP contribution < -0.4 is 16.4 Å². The van der Waals surface area contributed by atoms with Crippen molar-refractivity contribution in [2.45, 2.75) is 25.3 Å². The van der Waals surface area contributed by atoms with Crippen molar-refractivity contribution >= 4 is 39.0 Å². The van der Waals surface area contributed by atoms with E-state index < -0.39 is 0 Å². The van der Waals surface area contributed by atoms with Gasteiger partial charge in [0.2, 0.25) is 0 Å². The third-order valence-corrected chi connectivity index (χ3v) is 12.4. The number of nitrogens with two attached hydrogens (primary N) is 1. The zero-order valence-corrected chi connectivity index (χ0v) is 32.1. The van der Waals surface area contributed by atoms with Crippen LogP contribution in [0.25, 0.3) is 27.6 Å². The highest BCUT2D eigenvalue weighted by atomic mass is 14.9. The molecule has 4 atom stereocenters. The van der Waals surface area contributed by atoms with Crippen LogP contribution in [0.4, 0.5) is 11.4 Å². The zero-order valence-electron chi connectivity index (χ0n) is 32.1. The second kappa shape index (κ2) is 15.3. The molecule has 0 aromatic heterocycles. The molecular weight excluding hydrogens is 691 g/mol. The minimum atomic E-state index is -0.0914. The number of hydrogen-bond acceptors (Lipinski definition) is 3. The van der Waals surface area contributed by atoms with E-state index in [1.807, 2.05) is 0 Å². The molecule has 0 saturated heterocycles. The van der Waals surface area contributed by atoms with E-state index in [9.17, 15) is 0 Å². The van der Waals surface area contributed by atoms with Crippen LogP contribution in [0.3, 0.4) is 0 Å². The lowest BCUT2D eigenvalue weighted by atomic mass is 9.65. The fourth-order valence-electron chi connectivity index (χ4n) is 9.46. The molecule has 0 saturated carbocycles. The van der Waals surface area contributed by atoms with Gasteiger partial charge in [-0.3, -0.25) is 0 Å². The summed E-state index contributed by atoms with van der Waals surface area (Å²) < 4.78 is 0. The van der Waals surface area contributed by atoms with Crippen LogP contribution in [-0.2, 0) is 6.42 Å². The van der Waals surface area contributed by atoms with Gasteiger partial charge in [-0.05, 0) is 116 Å². The summed E-state index contributed by atoms with van der Waals surface area (Å²) in [5, 5.41) is 10.1. The molecule has 5 aromatic rings. The Hall–Kier alpha value is -6.42. The molecule has 3 heteroatoms. The van der Waals surface area contributed by atoms with Crippen LogP contribution in [0.5, 0.6) is 0 Å². The second-order valence-corrected chi connectivity index (χ2v) is 15.9. The van der Waals surface area contributed by atoms with Crippen molar-refractivity contribution in [1.82, 2.24) is 5.32 Å². The maximum absolute atomic E-state index is 6.91. The van der Waals surface area contributed by atoms with E-state index >= 15 is 0 Å². The predicted molar refractivity (Wildman–Crippen MR) is 240 cm³/mol. The Morgan fingerprint density at radius 3 is 2.40 bits per heavy atom. The van der Waals surface area contributed by atoms with Gasteiger partial charge in [-0.25, -0.2) is 0 Å². The van der Waals surface area contributed by atoms with Crippen LogP contribution in [0, 0.1) is 17.8 Å². The first-order valence-electron chi connectivity index (χ1n) is 20.5. The summed E-state index contributed by atoms with van der Waals surface area (Å²) in [5.74, 6) is 1.36. The number of aryl methyl sites for hydroxylation is 1. The minimum absolute atomic E-state index is 0.0914. The number of rotatable bonds is 9. The first-order valence-corrected chi connectivity index (χ1v) is 20.5. The highest BCUT2D eigenvalue weighted by molar-refractivity contribution is 6.02. The molecule has 0 fully saturated rings. The van der Waals surface area contributed by atoms with Crippen molar-refractivity contribution < 1.29 is 0 Å². The van der Waals surface area contributed by atoms with Gasteiger partial charge in [-0.2, -0.15) is 0 Å². The molecule has 0 heterocycles. The molecule has 0 aliphatic heterocycles. The van der Waals surface area contributed by atoms with E-state index in [2.05, 4.69) is 199 Å². The summed E-state index contributed by atoms with van der Waals surface area (Å²) in [6.45, 7) is 0.746. The Balaban J connectivity index is 0.963. The number of para-hydroxylation sites is 1. The van der Waals surface area contributed by atoms with E-state index in [1.165, 1.54) is 55.3 Å². The monoisotopic (exact) mass is 737 g/mol. The normalized spacial score (nSPS) is 21.2. The smallest absolute Gasteiger partial charge is 0.0531 e. The van der Waals surface area contributed by atoms with Gasteiger partial charge in [0.15, 0.2) is 0 Å². The van der Waals surface area contributed by atoms with Gasteiger partial charge in [0.25, 0.3) is 0 Å². The molecule has 0 spiro atoms. The standard InChI is InChI=1S/C54H47N3/c55-51(44-24-23-38-12-2-4-15-42(38)32-44)34-53(56-35-36-21-22-37-11-1-3-14-41(37)31-36)40-25-28-45(29-26-40)57-52-20-10-9-19-48(52)50-33-43-16-6-7-17-46(43)49-30-27-39-13-5-8-18-47(39)54(49)50/h1-21,23-26,28-29,31-34,37,46,49,53,56-57H,22,27,30,35,55H2/b51-34-. The van der Waals surface area contributed by atoms with Crippen LogP contribution in [0.15, 0.2) is 205 Å². The van der Waals surface area contributed by atoms with Gasteiger partial charge < -0.3 is 16.4 Å². The van der Waals surface area contributed by atoms with Crippen molar-refractivity contribution in [2.24, 2.45) is 23.5 Å². The van der Waals surface area contributed by atoms with E-state index in [0.717, 1.165) is 54.0 Å². The van der Waals surface area contributed by atoms with Crippen LogP contribution >= 0.6 is 0 Å². The highest BCUT2D eigenvalue weighted by Crippen LogP contribution is 2.51. The molecule has 278 valence electrons.